The molecule has 2 unspecified atom stereocenters. The molecule has 0 radical (unpaired) electrons. The molecule has 0 spiro atoms. The summed E-state index contributed by atoms with van der Waals surface area (Å²) in [6.07, 6.45) is 5.63. The number of likely N-dealkylation sites (tertiary alicyclic amines) is 1. The summed E-state index contributed by atoms with van der Waals surface area (Å²) < 4.78 is 13.2. The van der Waals surface area contributed by atoms with Gasteiger partial charge in [-0.1, -0.05) is 31.9 Å². The first-order chi connectivity index (χ1) is 14.3. The van der Waals surface area contributed by atoms with Gasteiger partial charge in [-0.05, 0) is 57.0 Å². The molecule has 0 bridgehead atoms. The Labute approximate surface area is 177 Å². The molecule has 2 aliphatic heterocycles. The average molecular weight is 419 g/mol. The fourth-order valence-electron chi connectivity index (χ4n) is 4.20. The first-order valence-corrected chi connectivity index (χ1v) is 10.8. The summed E-state index contributed by atoms with van der Waals surface area (Å²) >= 11 is 0. The van der Waals surface area contributed by atoms with E-state index in [9.17, 15) is 18.8 Å². The van der Waals surface area contributed by atoms with Gasteiger partial charge in [0.25, 0.3) is 5.91 Å². The van der Waals surface area contributed by atoms with Crippen LogP contribution in [0.4, 0.5) is 9.18 Å². The first-order valence-electron chi connectivity index (χ1n) is 10.8. The van der Waals surface area contributed by atoms with Crippen molar-refractivity contribution in [3.05, 3.63) is 35.6 Å². The standard InChI is InChI=1S/C22H31FN4O3/c1-3-4-12-26-13-6-5-7-18(26)14-24-19(28)15-27-20(29)22(2,25-21(27)30)16-8-10-17(23)11-9-16/h8-11,18H,3-7,12-15H2,1-2H3,(H,24,28)(H,25,30). The van der Waals surface area contributed by atoms with Gasteiger partial charge >= 0.3 is 6.03 Å². The fraction of sp³-hybridized carbons (Fsp3) is 0.591. The van der Waals surface area contributed by atoms with Crippen molar-refractivity contribution in [3.8, 4) is 0 Å². The Morgan fingerprint density at radius 2 is 2.00 bits per heavy atom. The van der Waals surface area contributed by atoms with E-state index in [0.29, 0.717) is 18.2 Å². The third-order valence-corrected chi connectivity index (χ3v) is 6.08. The number of halogens is 1. The van der Waals surface area contributed by atoms with Crippen molar-refractivity contribution in [2.75, 3.05) is 26.2 Å². The van der Waals surface area contributed by atoms with E-state index in [0.717, 1.165) is 43.7 Å². The maximum Gasteiger partial charge on any atom is 0.325 e. The van der Waals surface area contributed by atoms with Gasteiger partial charge < -0.3 is 10.6 Å². The molecule has 8 heteroatoms. The van der Waals surface area contributed by atoms with Gasteiger partial charge in [-0.15, -0.1) is 0 Å². The van der Waals surface area contributed by atoms with Crippen LogP contribution in [0.3, 0.4) is 0 Å². The Morgan fingerprint density at radius 3 is 2.70 bits per heavy atom. The lowest BCUT2D eigenvalue weighted by atomic mass is 9.92. The fourth-order valence-corrected chi connectivity index (χ4v) is 4.20. The molecular formula is C22H31FN4O3. The van der Waals surface area contributed by atoms with Crippen LogP contribution >= 0.6 is 0 Å². The van der Waals surface area contributed by atoms with Crippen LogP contribution in [0.1, 0.15) is 51.5 Å². The number of nitrogens with one attached hydrogen (secondary N) is 2. The minimum Gasteiger partial charge on any atom is -0.353 e. The normalized spacial score (nSPS) is 24.8. The van der Waals surface area contributed by atoms with E-state index in [1.807, 2.05) is 0 Å². The molecular weight excluding hydrogens is 387 g/mol. The number of carbonyl (C=O) groups excluding carboxylic acids is 3. The summed E-state index contributed by atoms with van der Waals surface area (Å²) in [4.78, 5) is 41.1. The molecule has 2 N–H and O–H groups in total. The van der Waals surface area contributed by atoms with Gasteiger partial charge in [0.05, 0.1) is 0 Å². The third-order valence-electron chi connectivity index (χ3n) is 6.08. The zero-order valence-electron chi connectivity index (χ0n) is 17.7. The maximum absolute atomic E-state index is 13.2. The zero-order valence-corrected chi connectivity index (χ0v) is 17.7. The van der Waals surface area contributed by atoms with Crippen LogP contribution in [0.2, 0.25) is 0 Å². The lowest BCUT2D eigenvalue weighted by Gasteiger charge is -2.35. The van der Waals surface area contributed by atoms with Gasteiger partial charge in [0.1, 0.15) is 17.9 Å². The summed E-state index contributed by atoms with van der Waals surface area (Å²) in [6.45, 7) is 5.98. The molecule has 30 heavy (non-hydrogen) atoms. The Morgan fingerprint density at radius 1 is 1.27 bits per heavy atom. The molecule has 1 aromatic carbocycles. The molecule has 164 valence electrons. The second kappa shape index (κ2) is 9.55. The van der Waals surface area contributed by atoms with Gasteiger partial charge in [-0.25, -0.2) is 9.18 Å². The highest BCUT2D eigenvalue weighted by molar-refractivity contribution is 6.09. The first kappa shape index (κ1) is 22.2. The highest BCUT2D eigenvalue weighted by atomic mass is 19.1. The van der Waals surface area contributed by atoms with Crippen LogP contribution in [0.25, 0.3) is 0 Å². The number of imide groups is 1. The lowest BCUT2D eigenvalue weighted by molar-refractivity contribution is -0.134. The van der Waals surface area contributed by atoms with E-state index >= 15 is 0 Å². The monoisotopic (exact) mass is 418 g/mol. The molecule has 2 aliphatic rings. The van der Waals surface area contributed by atoms with Gasteiger partial charge in [0.2, 0.25) is 5.91 Å². The van der Waals surface area contributed by atoms with Crippen molar-refractivity contribution >= 4 is 17.8 Å². The molecule has 2 heterocycles. The predicted octanol–water partition coefficient (Wildman–Crippen LogP) is 2.36. The Balaban J connectivity index is 1.57. The zero-order chi connectivity index (χ0) is 21.7. The Hall–Kier alpha value is -2.48. The molecule has 2 fully saturated rings. The Bertz CT molecular complexity index is 785. The average Bonchev–Trinajstić information content (AvgIpc) is 2.95. The summed E-state index contributed by atoms with van der Waals surface area (Å²) in [6, 6.07) is 5.08. The largest absolute Gasteiger partial charge is 0.353 e. The number of unbranched alkanes of at least 4 members (excludes halogenated alkanes) is 1. The van der Waals surface area contributed by atoms with E-state index in [1.165, 1.54) is 30.7 Å². The van der Waals surface area contributed by atoms with Crippen molar-refractivity contribution in [2.24, 2.45) is 0 Å². The topological polar surface area (TPSA) is 81.8 Å². The summed E-state index contributed by atoms with van der Waals surface area (Å²) in [5, 5.41) is 5.53. The van der Waals surface area contributed by atoms with Crippen LogP contribution < -0.4 is 10.6 Å². The highest BCUT2D eigenvalue weighted by Crippen LogP contribution is 2.28. The Kier molecular flexibility index (Phi) is 7.07. The molecule has 3 rings (SSSR count). The van der Waals surface area contributed by atoms with E-state index in [4.69, 9.17) is 0 Å². The van der Waals surface area contributed by atoms with Crippen LogP contribution in [0, 0.1) is 5.82 Å². The van der Waals surface area contributed by atoms with Crippen LogP contribution in [-0.2, 0) is 15.1 Å². The van der Waals surface area contributed by atoms with Crippen molar-refractivity contribution in [1.82, 2.24) is 20.4 Å². The number of nitrogens with zero attached hydrogens (tertiary/aromatic N) is 2. The molecule has 0 aliphatic carbocycles. The number of benzene rings is 1. The van der Waals surface area contributed by atoms with Crippen molar-refractivity contribution < 1.29 is 18.8 Å². The van der Waals surface area contributed by atoms with Gasteiger partial charge in [0, 0.05) is 12.6 Å². The van der Waals surface area contributed by atoms with Gasteiger partial charge in [-0.2, -0.15) is 0 Å². The number of piperidine rings is 1. The number of rotatable bonds is 8. The van der Waals surface area contributed by atoms with E-state index in [-0.39, 0.29) is 12.5 Å². The SMILES string of the molecule is CCCCN1CCCCC1CNC(=O)CN1C(=O)NC(C)(c2ccc(F)cc2)C1=O. The number of urea groups is 1. The van der Waals surface area contributed by atoms with Crippen molar-refractivity contribution in [3.63, 3.8) is 0 Å². The predicted molar refractivity (Wildman–Crippen MR) is 111 cm³/mol. The second-order valence-corrected chi connectivity index (χ2v) is 8.30. The summed E-state index contributed by atoms with van der Waals surface area (Å²) in [5.41, 5.74) is -0.843. The number of hydrogen-bond acceptors (Lipinski definition) is 4. The number of hydrogen-bond donors (Lipinski definition) is 2. The minimum atomic E-state index is -1.31. The molecule has 4 amide bonds. The molecule has 7 nitrogen and oxygen atoms in total. The van der Waals surface area contributed by atoms with E-state index in [2.05, 4.69) is 22.5 Å². The lowest BCUT2D eigenvalue weighted by Crippen LogP contribution is -2.49. The van der Waals surface area contributed by atoms with E-state index < -0.39 is 23.3 Å². The van der Waals surface area contributed by atoms with Gasteiger partial charge in [0.15, 0.2) is 0 Å². The summed E-state index contributed by atoms with van der Waals surface area (Å²) in [5.74, 6) is -1.30. The summed E-state index contributed by atoms with van der Waals surface area (Å²) in [7, 11) is 0. The molecule has 1 aromatic rings. The minimum absolute atomic E-state index is 0.293. The number of carbonyl (C=O) groups is 3. The third kappa shape index (κ3) is 4.80. The van der Waals surface area contributed by atoms with Gasteiger partial charge in [-0.3, -0.25) is 19.4 Å². The van der Waals surface area contributed by atoms with Crippen molar-refractivity contribution in [1.29, 1.82) is 0 Å². The smallest absolute Gasteiger partial charge is 0.325 e. The van der Waals surface area contributed by atoms with E-state index in [1.54, 1.807) is 6.92 Å². The number of amides is 4. The molecule has 2 saturated heterocycles. The van der Waals surface area contributed by atoms with Crippen LogP contribution in [0.15, 0.2) is 24.3 Å². The molecule has 0 aromatic heterocycles. The van der Waals surface area contributed by atoms with Crippen LogP contribution in [-0.4, -0.2) is 59.9 Å². The highest BCUT2D eigenvalue weighted by Gasteiger charge is 2.49. The van der Waals surface area contributed by atoms with Crippen molar-refractivity contribution in [2.45, 2.75) is 57.5 Å². The maximum atomic E-state index is 13.2. The molecule has 2 atom stereocenters. The van der Waals surface area contributed by atoms with Crippen LogP contribution in [0.5, 0.6) is 0 Å². The second-order valence-electron chi connectivity index (χ2n) is 8.30. The molecule has 0 saturated carbocycles. The quantitative estimate of drug-likeness (QED) is 0.635.